The minimum Gasteiger partial charge on any atom is -0.367 e. The fourth-order valence-electron chi connectivity index (χ4n) is 5.28. The second kappa shape index (κ2) is 9.15. The lowest BCUT2D eigenvalue weighted by Gasteiger charge is -2.50. The SMILES string of the molecule is CC1(C)CCCC(C)(C)N1OC(=O)CCCCC(=O)ON1C(C)(C)CCCC1(C)C. The summed E-state index contributed by atoms with van der Waals surface area (Å²) in [5.41, 5.74) is -0.630. The molecule has 0 amide bonds. The van der Waals surface area contributed by atoms with Crippen LogP contribution < -0.4 is 0 Å². The first-order valence-electron chi connectivity index (χ1n) is 11.7. The molecule has 6 heteroatoms. The first-order chi connectivity index (χ1) is 13.7. The van der Waals surface area contributed by atoms with E-state index in [0.29, 0.717) is 25.7 Å². The number of carbonyl (C=O) groups excluding carboxylic acids is 2. The van der Waals surface area contributed by atoms with E-state index in [-0.39, 0.29) is 34.1 Å². The van der Waals surface area contributed by atoms with Crippen molar-refractivity contribution in [3.8, 4) is 0 Å². The summed E-state index contributed by atoms with van der Waals surface area (Å²) in [7, 11) is 0. The average Bonchev–Trinajstić information content (AvgIpc) is 2.58. The molecule has 0 aliphatic carbocycles. The summed E-state index contributed by atoms with van der Waals surface area (Å²) in [5, 5.41) is 3.78. The number of hydrogen-bond acceptors (Lipinski definition) is 6. The van der Waals surface area contributed by atoms with Crippen LogP contribution in [0.3, 0.4) is 0 Å². The molecule has 0 unspecified atom stereocenters. The van der Waals surface area contributed by atoms with Crippen LogP contribution in [0.4, 0.5) is 0 Å². The van der Waals surface area contributed by atoms with Crippen molar-refractivity contribution in [2.75, 3.05) is 0 Å². The molecule has 2 fully saturated rings. The summed E-state index contributed by atoms with van der Waals surface area (Å²) in [6.07, 6.45) is 8.20. The number of hydrogen-bond donors (Lipinski definition) is 0. The first kappa shape index (κ1) is 25.1. The molecule has 0 aromatic heterocycles. The van der Waals surface area contributed by atoms with E-state index in [9.17, 15) is 9.59 Å². The number of rotatable bonds is 7. The van der Waals surface area contributed by atoms with Gasteiger partial charge in [-0.2, -0.15) is 0 Å². The number of carbonyl (C=O) groups is 2. The predicted octanol–water partition coefficient (Wildman–Crippen LogP) is 5.55. The van der Waals surface area contributed by atoms with E-state index in [0.717, 1.165) is 38.5 Å². The fourth-order valence-corrected chi connectivity index (χ4v) is 5.28. The van der Waals surface area contributed by atoms with E-state index in [1.807, 2.05) is 10.1 Å². The van der Waals surface area contributed by atoms with Gasteiger partial charge in [0.2, 0.25) is 0 Å². The summed E-state index contributed by atoms with van der Waals surface area (Å²) in [6.45, 7) is 17.0. The van der Waals surface area contributed by atoms with Crippen LogP contribution in [-0.2, 0) is 19.3 Å². The van der Waals surface area contributed by atoms with E-state index >= 15 is 0 Å². The van der Waals surface area contributed by atoms with Gasteiger partial charge in [-0.05, 0) is 107 Å². The standard InChI is InChI=1S/C24H44N2O4/c1-21(2)15-11-16-22(3,4)25(21)29-19(27)13-9-10-14-20(28)30-26-23(5,6)17-12-18-24(26,7)8/h9-18H2,1-8H3. The highest BCUT2D eigenvalue weighted by atomic mass is 16.7. The molecular formula is C24H44N2O4. The molecule has 0 aromatic rings. The summed E-state index contributed by atoms with van der Waals surface area (Å²) < 4.78 is 0. The Morgan fingerprint density at radius 2 is 0.867 bits per heavy atom. The molecule has 0 saturated carbocycles. The molecule has 0 spiro atoms. The van der Waals surface area contributed by atoms with Gasteiger partial charge in [0, 0.05) is 12.8 Å². The predicted molar refractivity (Wildman–Crippen MR) is 118 cm³/mol. The van der Waals surface area contributed by atoms with E-state index < -0.39 is 0 Å². The number of piperidine rings is 2. The highest BCUT2D eigenvalue weighted by molar-refractivity contribution is 5.70. The van der Waals surface area contributed by atoms with Crippen LogP contribution in [0.15, 0.2) is 0 Å². The highest BCUT2D eigenvalue weighted by Crippen LogP contribution is 2.39. The maximum atomic E-state index is 12.4. The first-order valence-corrected chi connectivity index (χ1v) is 11.7. The molecule has 0 atom stereocenters. The van der Waals surface area contributed by atoms with Gasteiger partial charge >= 0.3 is 11.9 Å². The molecule has 0 radical (unpaired) electrons. The van der Waals surface area contributed by atoms with E-state index in [1.165, 1.54) is 0 Å². The molecule has 0 N–H and O–H groups in total. The third-order valence-corrected chi connectivity index (χ3v) is 6.75. The zero-order chi connectivity index (χ0) is 22.8. The molecule has 0 bridgehead atoms. The van der Waals surface area contributed by atoms with Gasteiger partial charge in [0.25, 0.3) is 0 Å². The Balaban J connectivity index is 1.76. The largest absolute Gasteiger partial charge is 0.367 e. The van der Waals surface area contributed by atoms with Crippen molar-refractivity contribution in [3.05, 3.63) is 0 Å². The van der Waals surface area contributed by atoms with Gasteiger partial charge in [-0.15, -0.1) is 10.1 Å². The zero-order valence-electron chi connectivity index (χ0n) is 20.6. The molecule has 6 nitrogen and oxygen atoms in total. The Hall–Kier alpha value is -1.14. The lowest BCUT2D eigenvalue weighted by atomic mass is 9.82. The number of nitrogens with zero attached hydrogens (tertiary/aromatic N) is 2. The molecule has 30 heavy (non-hydrogen) atoms. The molecule has 174 valence electrons. The van der Waals surface area contributed by atoms with Crippen LogP contribution in [0.5, 0.6) is 0 Å². The number of hydroxylamine groups is 4. The van der Waals surface area contributed by atoms with Crippen LogP contribution >= 0.6 is 0 Å². The Labute approximate surface area is 183 Å². The normalized spacial score (nSPS) is 25.5. The van der Waals surface area contributed by atoms with Gasteiger partial charge in [-0.25, -0.2) is 0 Å². The minimum absolute atomic E-state index is 0.157. The summed E-state index contributed by atoms with van der Waals surface area (Å²) >= 11 is 0. The van der Waals surface area contributed by atoms with Crippen LogP contribution in [0.2, 0.25) is 0 Å². The third-order valence-electron chi connectivity index (χ3n) is 6.75. The molecular weight excluding hydrogens is 380 g/mol. The second-order valence-electron chi connectivity index (χ2n) is 11.7. The zero-order valence-corrected chi connectivity index (χ0v) is 20.6. The van der Waals surface area contributed by atoms with Gasteiger partial charge in [0.1, 0.15) is 0 Å². The van der Waals surface area contributed by atoms with Crippen LogP contribution in [0.1, 0.15) is 120 Å². The van der Waals surface area contributed by atoms with Gasteiger partial charge in [-0.3, -0.25) is 9.59 Å². The Kier molecular flexibility index (Phi) is 7.67. The average molecular weight is 425 g/mol. The van der Waals surface area contributed by atoms with Crippen molar-refractivity contribution in [1.82, 2.24) is 10.1 Å². The summed E-state index contributed by atoms with van der Waals surface area (Å²) in [6, 6.07) is 0. The molecule has 2 aliphatic heterocycles. The van der Waals surface area contributed by atoms with E-state index in [2.05, 4.69) is 55.4 Å². The van der Waals surface area contributed by atoms with Crippen LogP contribution in [-0.4, -0.2) is 44.2 Å². The summed E-state index contributed by atoms with van der Waals surface area (Å²) in [4.78, 5) is 36.4. The topological polar surface area (TPSA) is 59.1 Å². The van der Waals surface area contributed by atoms with Crippen molar-refractivity contribution in [1.29, 1.82) is 0 Å². The smallest absolute Gasteiger partial charge is 0.325 e. The van der Waals surface area contributed by atoms with Gasteiger partial charge < -0.3 is 9.68 Å². The van der Waals surface area contributed by atoms with E-state index in [1.54, 1.807) is 0 Å². The number of unbranched alkanes of at least 4 members (excludes halogenated alkanes) is 1. The molecule has 2 aliphatic rings. The highest BCUT2D eigenvalue weighted by Gasteiger charge is 2.45. The molecule has 2 rings (SSSR count). The lowest BCUT2D eigenvalue weighted by molar-refractivity contribution is -0.266. The monoisotopic (exact) mass is 424 g/mol. The van der Waals surface area contributed by atoms with Crippen molar-refractivity contribution in [2.45, 2.75) is 142 Å². The Morgan fingerprint density at radius 3 is 1.13 bits per heavy atom. The van der Waals surface area contributed by atoms with E-state index in [4.69, 9.17) is 9.68 Å². The minimum atomic E-state index is -0.218. The van der Waals surface area contributed by atoms with Crippen molar-refractivity contribution >= 4 is 11.9 Å². The summed E-state index contributed by atoms with van der Waals surface area (Å²) in [5.74, 6) is -0.436. The van der Waals surface area contributed by atoms with Crippen LogP contribution in [0, 0.1) is 0 Å². The quantitative estimate of drug-likeness (QED) is 0.499. The second-order valence-corrected chi connectivity index (χ2v) is 11.7. The Morgan fingerprint density at radius 1 is 0.600 bits per heavy atom. The molecule has 0 aromatic carbocycles. The molecule has 2 saturated heterocycles. The van der Waals surface area contributed by atoms with Crippen molar-refractivity contribution < 1.29 is 19.3 Å². The maximum Gasteiger partial charge on any atom is 0.325 e. The third kappa shape index (κ3) is 6.19. The van der Waals surface area contributed by atoms with Crippen molar-refractivity contribution in [3.63, 3.8) is 0 Å². The Bertz CT molecular complexity index is 539. The molecule has 2 heterocycles. The van der Waals surface area contributed by atoms with Gasteiger partial charge in [0.15, 0.2) is 0 Å². The van der Waals surface area contributed by atoms with Gasteiger partial charge in [0.05, 0.1) is 22.2 Å². The van der Waals surface area contributed by atoms with Crippen molar-refractivity contribution in [2.24, 2.45) is 0 Å². The van der Waals surface area contributed by atoms with Crippen LogP contribution in [0.25, 0.3) is 0 Å². The lowest BCUT2D eigenvalue weighted by Crippen LogP contribution is -2.58. The van der Waals surface area contributed by atoms with Gasteiger partial charge in [-0.1, -0.05) is 0 Å². The fraction of sp³-hybridized carbons (Fsp3) is 0.917. The maximum absolute atomic E-state index is 12.4.